The van der Waals surface area contributed by atoms with Crippen LogP contribution in [0.3, 0.4) is 0 Å². The molecular formula is C16H20ClN3O3. The molecule has 0 atom stereocenters. The Balaban J connectivity index is 1.71. The summed E-state index contributed by atoms with van der Waals surface area (Å²) in [4.78, 5) is 26.6. The molecule has 7 heteroatoms. The van der Waals surface area contributed by atoms with E-state index in [0.29, 0.717) is 6.04 Å². The van der Waals surface area contributed by atoms with Gasteiger partial charge in [0.15, 0.2) is 0 Å². The summed E-state index contributed by atoms with van der Waals surface area (Å²) in [6.45, 7) is 4.16. The van der Waals surface area contributed by atoms with E-state index < -0.39 is 10.2 Å². The summed E-state index contributed by atoms with van der Waals surface area (Å²) in [6, 6.07) is 5.30. The molecule has 0 unspecified atom stereocenters. The van der Waals surface area contributed by atoms with Crippen molar-refractivity contribution >= 4 is 28.2 Å². The Bertz CT molecular complexity index is 609. The number of halogens is 1. The van der Waals surface area contributed by atoms with E-state index in [2.05, 4.69) is 9.80 Å². The lowest BCUT2D eigenvalue weighted by Crippen LogP contribution is -2.43. The summed E-state index contributed by atoms with van der Waals surface area (Å²) < 4.78 is 0. The number of carbonyl (C=O) groups excluding carboxylic acids is 1. The van der Waals surface area contributed by atoms with Crippen LogP contribution in [0.15, 0.2) is 18.2 Å². The van der Waals surface area contributed by atoms with Gasteiger partial charge in [-0.25, -0.2) is 0 Å². The zero-order chi connectivity index (χ0) is 16.4. The summed E-state index contributed by atoms with van der Waals surface area (Å²) in [5, 5.41) is 10.4. The smallest absolute Gasteiger partial charge is 0.283 e. The summed E-state index contributed by atoms with van der Waals surface area (Å²) in [5.74, 6) is 0. The van der Waals surface area contributed by atoms with Gasteiger partial charge in [0.05, 0.1) is 4.92 Å². The molecule has 2 fully saturated rings. The Hall–Kier alpha value is -1.66. The SMILES string of the molecule is O=C(Cl)c1ccc(N2CCC(N3CCCC3)CC2)cc1[N+](=O)[O-]. The summed E-state index contributed by atoms with van der Waals surface area (Å²) in [7, 11) is 0. The van der Waals surface area contributed by atoms with Crippen molar-refractivity contribution in [2.24, 2.45) is 0 Å². The van der Waals surface area contributed by atoms with Crippen LogP contribution in [0.2, 0.25) is 0 Å². The molecule has 3 rings (SSSR count). The molecule has 2 saturated heterocycles. The second-order valence-electron chi connectivity index (χ2n) is 6.19. The number of nitro groups is 1. The molecular weight excluding hydrogens is 318 g/mol. The molecule has 124 valence electrons. The highest BCUT2D eigenvalue weighted by molar-refractivity contribution is 6.68. The average molecular weight is 338 g/mol. The van der Waals surface area contributed by atoms with Gasteiger partial charge in [0.2, 0.25) is 0 Å². The van der Waals surface area contributed by atoms with Crippen LogP contribution in [0.4, 0.5) is 11.4 Å². The van der Waals surface area contributed by atoms with Crippen molar-refractivity contribution in [3.63, 3.8) is 0 Å². The van der Waals surface area contributed by atoms with Crippen molar-refractivity contribution in [1.82, 2.24) is 4.90 Å². The first-order chi connectivity index (χ1) is 11.1. The molecule has 2 aliphatic heterocycles. The third kappa shape index (κ3) is 3.48. The van der Waals surface area contributed by atoms with Gasteiger partial charge in [0.1, 0.15) is 5.56 Å². The van der Waals surface area contributed by atoms with Gasteiger partial charge in [-0.1, -0.05) is 0 Å². The van der Waals surface area contributed by atoms with Crippen LogP contribution in [0.1, 0.15) is 36.0 Å². The van der Waals surface area contributed by atoms with Gasteiger partial charge in [-0.15, -0.1) is 0 Å². The first-order valence-corrected chi connectivity index (χ1v) is 8.41. The first-order valence-electron chi connectivity index (χ1n) is 8.03. The first kappa shape index (κ1) is 16.2. The summed E-state index contributed by atoms with van der Waals surface area (Å²) in [5.41, 5.74) is 0.523. The summed E-state index contributed by atoms with van der Waals surface area (Å²) >= 11 is 5.42. The maximum atomic E-state index is 11.3. The molecule has 0 saturated carbocycles. The fourth-order valence-electron chi connectivity index (χ4n) is 3.63. The van der Waals surface area contributed by atoms with Crippen molar-refractivity contribution < 1.29 is 9.72 Å². The van der Waals surface area contributed by atoms with E-state index >= 15 is 0 Å². The number of likely N-dealkylation sites (tertiary alicyclic amines) is 1. The maximum absolute atomic E-state index is 11.3. The molecule has 0 aliphatic carbocycles. The van der Waals surface area contributed by atoms with E-state index in [1.54, 1.807) is 6.07 Å². The monoisotopic (exact) mass is 337 g/mol. The number of piperidine rings is 1. The number of nitrogens with zero attached hydrogens (tertiary/aromatic N) is 3. The molecule has 0 aromatic heterocycles. The van der Waals surface area contributed by atoms with Crippen LogP contribution in [0, 0.1) is 10.1 Å². The highest BCUT2D eigenvalue weighted by Crippen LogP contribution is 2.30. The minimum atomic E-state index is -0.795. The van der Waals surface area contributed by atoms with Crippen LogP contribution in [0.5, 0.6) is 0 Å². The topological polar surface area (TPSA) is 66.7 Å². The lowest BCUT2D eigenvalue weighted by atomic mass is 10.0. The van der Waals surface area contributed by atoms with E-state index in [-0.39, 0.29) is 11.3 Å². The molecule has 23 heavy (non-hydrogen) atoms. The third-order valence-corrected chi connectivity index (χ3v) is 5.08. The van der Waals surface area contributed by atoms with Crippen molar-refractivity contribution in [3.8, 4) is 0 Å². The number of rotatable bonds is 4. The van der Waals surface area contributed by atoms with E-state index in [9.17, 15) is 14.9 Å². The Kier molecular flexibility index (Phi) is 4.82. The van der Waals surface area contributed by atoms with Crippen LogP contribution in [0.25, 0.3) is 0 Å². The lowest BCUT2D eigenvalue weighted by molar-refractivity contribution is -0.385. The Labute approximate surface area is 140 Å². The molecule has 2 aliphatic rings. The molecule has 0 N–H and O–H groups in total. The van der Waals surface area contributed by atoms with Crippen molar-refractivity contribution in [1.29, 1.82) is 0 Å². The van der Waals surface area contributed by atoms with Gasteiger partial charge in [0.25, 0.3) is 10.9 Å². The Morgan fingerprint density at radius 1 is 1.17 bits per heavy atom. The molecule has 2 heterocycles. The molecule has 1 aromatic rings. The lowest BCUT2D eigenvalue weighted by Gasteiger charge is -2.37. The predicted octanol–water partition coefficient (Wildman–Crippen LogP) is 3.04. The number of hydrogen-bond acceptors (Lipinski definition) is 5. The maximum Gasteiger partial charge on any atom is 0.283 e. The molecule has 6 nitrogen and oxygen atoms in total. The van der Waals surface area contributed by atoms with E-state index in [1.807, 2.05) is 0 Å². The number of benzene rings is 1. The standard InChI is InChI=1S/C16H20ClN3O3/c17-16(21)14-4-3-13(11-15(14)20(22)23)19-9-5-12(6-10-19)18-7-1-2-8-18/h3-4,11-12H,1-2,5-10H2. The second kappa shape index (κ2) is 6.84. The Morgan fingerprint density at radius 3 is 2.39 bits per heavy atom. The van der Waals surface area contributed by atoms with Crippen molar-refractivity contribution in [2.75, 3.05) is 31.1 Å². The minimum absolute atomic E-state index is 0.0487. The zero-order valence-electron chi connectivity index (χ0n) is 12.9. The molecule has 1 aromatic carbocycles. The third-order valence-electron chi connectivity index (χ3n) is 4.88. The van der Waals surface area contributed by atoms with Crippen molar-refractivity contribution in [2.45, 2.75) is 31.7 Å². The van der Waals surface area contributed by atoms with Crippen LogP contribution >= 0.6 is 11.6 Å². The van der Waals surface area contributed by atoms with Crippen LogP contribution in [-0.2, 0) is 0 Å². The van der Waals surface area contributed by atoms with E-state index in [1.165, 1.54) is 38.1 Å². The molecule has 0 spiro atoms. The predicted molar refractivity (Wildman–Crippen MR) is 89.3 cm³/mol. The molecule has 0 radical (unpaired) electrons. The number of anilines is 1. The van der Waals surface area contributed by atoms with Crippen molar-refractivity contribution in [3.05, 3.63) is 33.9 Å². The average Bonchev–Trinajstić information content (AvgIpc) is 3.09. The van der Waals surface area contributed by atoms with E-state index in [0.717, 1.165) is 31.6 Å². The van der Waals surface area contributed by atoms with Gasteiger partial charge in [-0.05, 0) is 62.5 Å². The largest absolute Gasteiger partial charge is 0.371 e. The zero-order valence-corrected chi connectivity index (χ0v) is 13.7. The highest BCUT2D eigenvalue weighted by Gasteiger charge is 2.28. The minimum Gasteiger partial charge on any atom is -0.371 e. The van der Waals surface area contributed by atoms with Gasteiger partial charge in [0, 0.05) is 30.9 Å². The molecule has 0 bridgehead atoms. The number of carbonyl (C=O) groups is 1. The van der Waals surface area contributed by atoms with Gasteiger partial charge in [-0.2, -0.15) is 0 Å². The number of nitro benzene ring substituents is 1. The van der Waals surface area contributed by atoms with Gasteiger partial charge < -0.3 is 9.80 Å². The number of hydrogen-bond donors (Lipinski definition) is 0. The summed E-state index contributed by atoms with van der Waals surface area (Å²) in [6.07, 6.45) is 4.73. The van der Waals surface area contributed by atoms with Crippen LogP contribution in [-0.4, -0.2) is 47.3 Å². The van der Waals surface area contributed by atoms with E-state index in [4.69, 9.17) is 11.6 Å². The quantitative estimate of drug-likeness (QED) is 0.480. The van der Waals surface area contributed by atoms with Gasteiger partial charge >= 0.3 is 0 Å². The fourth-order valence-corrected chi connectivity index (χ4v) is 3.79. The second-order valence-corrected chi connectivity index (χ2v) is 6.54. The normalized spacial score (nSPS) is 20.0. The van der Waals surface area contributed by atoms with Gasteiger partial charge in [-0.3, -0.25) is 14.9 Å². The highest BCUT2D eigenvalue weighted by atomic mass is 35.5. The fraction of sp³-hybridized carbons (Fsp3) is 0.562. The molecule has 0 amide bonds. The Morgan fingerprint density at radius 2 is 1.83 bits per heavy atom. The van der Waals surface area contributed by atoms with Crippen LogP contribution < -0.4 is 4.90 Å².